The standard InChI is InChI=1S/C19H23N3O4/c1-3-26-19(24)14-5-8-16(9-6-14)22-18(23)15-7-10-17(21-13-15)20-11-4-12-25-2/h5-10,13H,3-4,11-12H2,1-2H3,(H,20,21)(H,22,23). The molecule has 0 aliphatic heterocycles. The van der Waals surface area contributed by atoms with Crippen molar-refractivity contribution in [2.24, 2.45) is 0 Å². The molecule has 2 rings (SSSR count). The van der Waals surface area contributed by atoms with Crippen LogP contribution in [0, 0.1) is 0 Å². The Hall–Kier alpha value is -2.93. The van der Waals surface area contributed by atoms with Crippen LogP contribution in [0.2, 0.25) is 0 Å². The van der Waals surface area contributed by atoms with E-state index in [1.807, 2.05) is 0 Å². The number of hydrogen-bond donors (Lipinski definition) is 2. The Labute approximate surface area is 152 Å². The molecule has 0 radical (unpaired) electrons. The van der Waals surface area contributed by atoms with Crippen molar-refractivity contribution < 1.29 is 19.1 Å². The fourth-order valence-electron chi connectivity index (χ4n) is 2.17. The summed E-state index contributed by atoms with van der Waals surface area (Å²) in [5.41, 5.74) is 1.47. The highest BCUT2D eigenvalue weighted by molar-refractivity contribution is 6.04. The first-order valence-corrected chi connectivity index (χ1v) is 8.41. The molecule has 1 amide bonds. The number of ether oxygens (including phenoxy) is 2. The number of nitrogens with one attached hydrogen (secondary N) is 2. The summed E-state index contributed by atoms with van der Waals surface area (Å²) < 4.78 is 9.90. The Morgan fingerprint density at radius 1 is 1.08 bits per heavy atom. The molecule has 0 atom stereocenters. The van der Waals surface area contributed by atoms with Crippen LogP contribution in [0.3, 0.4) is 0 Å². The molecule has 7 nitrogen and oxygen atoms in total. The maximum atomic E-state index is 12.3. The average Bonchev–Trinajstić information content (AvgIpc) is 2.66. The second kappa shape index (κ2) is 10.1. The third-order valence-corrected chi connectivity index (χ3v) is 3.51. The molecule has 2 N–H and O–H groups in total. The second-order valence-corrected chi connectivity index (χ2v) is 5.46. The lowest BCUT2D eigenvalue weighted by atomic mass is 10.2. The lowest BCUT2D eigenvalue weighted by Gasteiger charge is -2.08. The molecular formula is C19H23N3O4. The van der Waals surface area contributed by atoms with Crippen molar-refractivity contribution in [3.8, 4) is 0 Å². The van der Waals surface area contributed by atoms with E-state index in [0.717, 1.165) is 13.0 Å². The third kappa shape index (κ3) is 5.86. The van der Waals surface area contributed by atoms with E-state index in [4.69, 9.17) is 9.47 Å². The summed E-state index contributed by atoms with van der Waals surface area (Å²) in [5.74, 6) is 0.0481. The zero-order valence-electron chi connectivity index (χ0n) is 15.0. The highest BCUT2D eigenvalue weighted by atomic mass is 16.5. The van der Waals surface area contributed by atoms with Gasteiger partial charge in [0.2, 0.25) is 0 Å². The maximum Gasteiger partial charge on any atom is 0.338 e. The molecule has 0 spiro atoms. The molecule has 0 fully saturated rings. The number of nitrogens with zero attached hydrogens (tertiary/aromatic N) is 1. The molecule has 7 heteroatoms. The Kier molecular flexibility index (Phi) is 7.57. The fraction of sp³-hybridized carbons (Fsp3) is 0.316. The Morgan fingerprint density at radius 2 is 1.81 bits per heavy atom. The summed E-state index contributed by atoms with van der Waals surface area (Å²) in [6.07, 6.45) is 2.39. The zero-order valence-corrected chi connectivity index (χ0v) is 15.0. The molecule has 0 aliphatic rings. The van der Waals surface area contributed by atoms with Crippen LogP contribution < -0.4 is 10.6 Å². The minimum Gasteiger partial charge on any atom is -0.462 e. The number of rotatable bonds is 9. The van der Waals surface area contributed by atoms with Crippen molar-refractivity contribution in [1.82, 2.24) is 4.98 Å². The summed E-state index contributed by atoms with van der Waals surface area (Å²) >= 11 is 0. The first-order valence-electron chi connectivity index (χ1n) is 8.41. The van der Waals surface area contributed by atoms with E-state index in [1.54, 1.807) is 50.4 Å². The largest absolute Gasteiger partial charge is 0.462 e. The SMILES string of the molecule is CCOC(=O)c1ccc(NC(=O)c2ccc(NCCCOC)nc2)cc1. The van der Waals surface area contributed by atoms with Gasteiger partial charge in [0.15, 0.2) is 0 Å². The first-order chi connectivity index (χ1) is 12.6. The number of benzene rings is 1. The van der Waals surface area contributed by atoms with Crippen LogP contribution in [0.15, 0.2) is 42.6 Å². The predicted octanol–water partition coefficient (Wildman–Crippen LogP) is 2.96. The van der Waals surface area contributed by atoms with E-state index in [-0.39, 0.29) is 11.9 Å². The summed E-state index contributed by atoms with van der Waals surface area (Å²) in [6.45, 7) is 3.50. The first kappa shape index (κ1) is 19.4. The van der Waals surface area contributed by atoms with Crippen LogP contribution in [0.5, 0.6) is 0 Å². The average molecular weight is 357 g/mol. The molecule has 0 saturated carbocycles. The Morgan fingerprint density at radius 3 is 2.42 bits per heavy atom. The highest BCUT2D eigenvalue weighted by Gasteiger charge is 2.09. The fourth-order valence-corrected chi connectivity index (χ4v) is 2.17. The number of pyridine rings is 1. The quantitative estimate of drug-likeness (QED) is 0.530. The maximum absolute atomic E-state index is 12.3. The van der Waals surface area contributed by atoms with Gasteiger partial charge in [-0.3, -0.25) is 4.79 Å². The Balaban J connectivity index is 1.89. The lowest BCUT2D eigenvalue weighted by molar-refractivity contribution is 0.0526. The van der Waals surface area contributed by atoms with Crippen LogP contribution in [-0.2, 0) is 9.47 Å². The number of methoxy groups -OCH3 is 1. The smallest absolute Gasteiger partial charge is 0.338 e. The zero-order chi connectivity index (χ0) is 18.8. The molecule has 0 bridgehead atoms. The molecule has 0 unspecified atom stereocenters. The number of aromatic nitrogens is 1. The predicted molar refractivity (Wildman–Crippen MR) is 99.6 cm³/mol. The molecule has 1 aromatic heterocycles. The summed E-state index contributed by atoms with van der Waals surface area (Å²) in [5, 5.41) is 5.92. The molecule has 0 aliphatic carbocycles. The van der Waals surface area contributed by atoms with Crippen LogP contribution in [0.4, 0.5) is 11.5 Å². The molecule has 0 saturated heterocycles. The van der Waals surface area contributed by atoms with Crippen molar-refractivity contribution >= 4 is 23.4 Å². The van der Waals surface area contributed by atoms with Crippen LogP contribution >= 0.6 is 0 Å². The molecule has 138 valence electrons. The monoisotopic (exact) mass is 357 g/mol. The lowest BCUT2D eigenvalue weighted by Crippen LogP contribution is -2.13. The van der Waals surface area contributed by atoms with Gasteiger partial charge in [-0.1, -0.05) is 0 Å². The van der Waals surface area contributed by atoms with Gasteiger partial charge in [0, 0.05) is 32.1 Å². The van der Waals surface area contributed by atoms with Crippen molar-refractivity contribution in [2.75, 3.05) is 37.5 Å². The van der Waals surface area contributed by atoms with E-state index >= 15 is 0 Å². The number of hydrogen-bond acceptors (Lipinski definition) is 6. The van der Waals surface area contributed by atoms with Gasteiger partial charge in [-0.25, -0.2) is 9.78 Å². The summed E-state index contributed by atoms with van der Waals surface area (Å²) in [7, 11) is 1.66. The summed E-state index contributed by atoms with van der Waals surface area (Å²) in [6, 6.07) is 9.99. The van der Waals surface area contributed by atoms with Gasteiger partial charge in [0.25, 0.3) is 5.91 Å². The van der Waals surface area contributed by atoms with Crippen molar-refractivity contribution in [2.45, 2.75) is 13.3 Å². The molecule has 26 heavy (non-hydrogen) atoms. The van der Waals surface area contributed by atoms with Crippen LogP contribution in [-0.4, -0.2) is 43.7 Å². The van der Waals surface area contributed by atoms with Gasteiger partial charge in [-0.15, -0.1) is 0 Å². The number of anilines is 2. The highest BCUT2D eigenvalue weighted by Crippen LogP contribution is 2.13. The minimum absolute atomic E-state index is 0.271. The van der Waals surface area contributed by atoms with Crippen molar-refractivity contribution in [3.63, 3.8) is 0 Å². The number of amides is 1. The molecule has 1 aromatic carbocycles. The van der Waals surface area contributed by atoms with E-state index in [1.165, 1.54) is 6.20 Å². The molecule has 1 heterocycles. The molecule has 2 aromatic rings. The van der Waals surface area contributed by atoms with Crippen LogP contribution in [0.1, 0.15) is 34.1 Å². The van der Waals surface area contributed by atoms with Gasteiger partial charge in [0.1, 0.15) is 5.82 Å². The summed E-state index contributed by atoms with van der Waals surface area (Å²) in [4.78, 5) is 28.1. The van der Waals surface area contributed by atoms with Gasteiger partial charge in [-0.2, -0.15) is 0 Å². The number of carbonyl (C=O) groups excluding carboxylic acids is 2. The van der Waals surface area contributed by atoms with Crippen molar-refractivity contribution in [3.05, 3.63) is 53.7 Å². The van der Waals surface area contributed by atoms with Crippen LogP contribution in [0.25, 0.3) is 0 Å². The third-order valence-electron chi connectivity index (χ3n) is 3.51. The van der Waals surface area contributed by atoms with E-state index < -0.39 is 0 Å². The van der Waals surface area contributed by atoms with E-state index in [2.05, 4.69) is 15.6 Å². The second-order valence-electron chi connectivity index (χ2n) is 5.46. The topological polar surface area (TPSA) is 89.5 Å². The number of carbonyl (C=O) groups is 2. The Bertz CT molecular complexity index is 715. The van der Waals surface area contributed by atoms with E-state index in [9.17, 15) is 9.59 Å². The normalized spacial score (nSPS) is 10.2. The number of esters is 1. The van der Waals surface area contributed by atoms with Gasteiger partial charge < -0.3 is 20.1 Å². The van der Waals surface area contributed by atoms with Crippen molar-refractivity contribution in [1.29, 1.82) is 0 Å². The van der Waals surface area contributed by atoms with Gasteiger partial charge >= 0.3 is 5.97 Å². The minimum atomic E-state index is -0.386. The van der Waals surface area contributed by atoms with Gasteiger partial charge in [-0.05, 0) is 49.7 Å². The molecular weight excluding hydrogens is 334 g/mol. The van der Waals surface area contributed by atoms with Gasteiger partial charge in [0.05, 0.1) is 17.7 Å². The van der Waals surface area contributed by atoms with E-state index in [0.29, 0.717) is 35.8 Å².